The number of aromatic nitrogens is 6. The Balaban J connectivity index is 1.05. The van der Waals surface area contributed by atoms with Crippen LogP contribution in [0, 0.1) is 0 Å². The van der Waals surface area contributed by atoms with Gasteiger partial charge >= 0.3 is 0 Å². The Morgan fingerprint density at radius 2 is 1.55 bits per heavy atom. The second kappa shape index (κ2) is 16.4. The van der Waals surface area contributed by atoms with Crippen molar-refractivity contribution in [2.75, 3.05) is 23.0 Å². The molecule has 4 aromatic heterocycles. The van der Waals surface area contributed by atoms with Crippen molar-refractivity contribution >= 4 is 69.4 Å². The highest BCUT2D eigenvalue weighted by atomic mass is 32.2. The number of para-hydroxylation sites is 2. The zero-order chi connectivity index (χ0) is 37.8. The van der Waals surface area contributed by atoms with Crippen LogP contribution < -0.4 is 10.2 Å². The van der Waals surface area contributed by atoms with Crippen LogP contribution in [-0.4, -0.2) is 58.9 Å². The number of nitrogens with zero attached hydrogens (tertiary/aromatic N) is 7. The number of nitrogens with one attached hydrogen (secondary N) is 1. The van der Waals surface area contributed by atoms with Crippen LogP contribution in [0.15, 0.2) is 129 Å². The van der Waals surface area contributed by atoms with E-state index >= 15 is 0 Å². The van der Waals surface area contributed by atoms with E-state index < -0.39 is 4.75 Å². The van der Waals surface area contributed by atoms with Crippen molar-refractivity contribution in [3.05, 3.63) is 130 Å². The summed E-state index contributed by atoms with van der Waals surface area (Å²) in [5.41, 5.74) is 5.90. The average Bonchev–Trinajstić information content (AvgIpc) is 4.07. The molecule has 3 aromatic carbocycles. The third-order valence-electron chi connectivity index (χ3n) is 9.86. The summed E-state index contributed by atoms with van der Waals surface area (Å²) in [7, 11) is 3.84. The van der Waals surface area contributed by atoms with Gasteiger partial charge in [0.25, 0.3) is 0 Å². The number of benzene rings is 3. The first-order chi connectivity index (χ1) is 26.9. The van der Waals surface area contributed by atoms with Gasteiger partial charge in [-0.3, -0.25) is 14.2 Å². The molecular formula is C41H38N8O2S4. The number of amides is 2. The standard InChI is InChI=1S/C41H38N8O2S4/c1-47(34-14-7-4-8-15-34)38(51)41(55-39-45-43-36(48(39)2)31-17-20-52-25-31)19-16-30(23-41)29-11-9-10-28(22-29)24-49-37(32-18-21-53-26-32)44-46-40(49)54-27-35(50)42-33-12-5-3-6-13-33/h3-15,17-18,20-22,25-26,30H,16,19,23-24,27H2,1-2H3,(H,42,50)/t30?,41-/m1/s1. The minimum absolute atomic E-state index is 0.0605. The van der Waals surface area contributed by atoms with Gasteiger partial charge in [-0.2, -0.15) is 22.7 Å². The first-order valence-electron chi connectivity index (χ1n) is 17.8. The lowest BCUT2D eigenvalue weighted by Gasteiger charge is -2.32. The minimum atomic E-state index is -0.748. The average molecular weight is 803 g/mol. The maximum absolute atomic E-state index is 14.7. The molecule has 55 heavy (non-hydrogen) atoms. The summed E-state index contributed by atoms with van der Waals surface area (Å²) in [4.78, 5) is 29.3. The lowest BCUT2D eigenvalue weighted by atomic mass is 9.94. The predicted octanol–water partition coefficient (Wildman–Crippen LogP) is 9.10. The molecule has 7 aromatic rings. The van der Waals surface area contributed by atoms with E-state index in [1.807, 2.05) is 102 Å². The zero-order valence-electron chi connectivity index (χ0n) is 30.2. The Morgan fingerprint density at radius 3 is 2.27 bits per heavy atom. The van der Waals surface area contributed by atoms with E-state index in [2.05, 4.69) is 65.3 Å². The molecule has 2 atom stereocenters. The molecule has 0 radical (unpaired) electrons. The normalized spacial score (nSPS) is 16.7. The van der Waals surface area contributed by atoms with E-state index in [4.69, 9.17) is 0 Å². The largest absolute Gasteiger partial charge is 0.325 e. The fourth-order valence-corrected chi connectivity index (χ4v) is 10.4. The van der Waals surface area contributed by atoms with Crippen LogP contribution in [0.3, 0.4) is 0 Å². The molecule has 1 fully saturated rings. The third kappa shape index (κ3) is 8.04. The van der Waals surface area contributed by atoms with Gasteiger partial charge in [-0.1, -0.05) is 84.2 Å². The topological polar surface area (TPSA) is 111 Å². The first kappa shape index (κ1) is 36.9. The highest BCUT2D eigenvalue weighted by Crippen LogP contribution is 2.52. The molecule has 1 aliphatic carbocycles. The second-order valence-electron chi connectivity index (χ2n) is 13.5. The fraction of sp³-hybridized carbons (Fsp3) is 0.220. The SMILES string of the molecule is CN(C(=O)[C@@]1(Sc2nnc(-c3ccsc3)n2C)CCC(c2cccc(Cn3c(SCC(=O)Nc4ccccc4)nnc3-c3ccsc3)c2)C1)c1ccccc1. The molecule has 278 valence electrons. The Hall–Kier alpha value is -5.02. The van der Waals surface area contributed by atoms with Crippen molar-refractivity contribution < 1.29 is 9.59 Å². The number of thioether (sulfide) groups is 2. The molecule has 1 aliphatic rings. The molecule has 0 bridgehead atoms. The van der Waals surface area contributed by atoms with Crippen LogP contribution in [0.5, 0.6) is 0 Å². The summed E-state index contributed by atoms with van der Waals surface area (Å²) in [5, 5.41) is 30.8. The lowest BCUT2D eigenvalue weighted by Crippen LogP contribution is -2.44. The van der Waals surface area contributed by atoms with Crippen molar-refractivity contribution in [3.8, 4) is 22.8 Å². The molecule has 0 spiro atoms. The van der Waals surface area contributed by atoms with Crippen molar-refractivity contribution in [1.29, 1.82) is 0 Å². The molecule has 10 nitrogen and oxygen atoms in total. The van der Waals surface area contributed by atoms with Crippen LogP contribution in [0.4, 0.5) is 11.4 Å². The summed E-state index contributed by atoms with van der Waals surface area (Å²) in [6, 6.07) is 32.0. The van der Waals surface area contributed by atoms with Crippen molar-refractivity contribution in [1.82, 2.24) is 29.5 Å². The van der Waals surface area contributed by atoms with E-state index in [0.29, 0.717) is 24.5 Å². The fourth-order valence-electron chi connectivity index (χ4n) is 7.04. The number of hydrogen-bond donors (Lipinski definition) is 1. The molecule has 1 unspecified atom stereocenters. The monoisotopic (exact) mass is 802 g/mol. The Morgan fingerprint density at radius 1 is 0.855 bits per heavy atom. The second-order valence-corrected chi connectivity index (χ2v) is 17.3. The van der Waals surface area contributed by atoms with E-state index in [-0.39, 0.29) is 23.5 Å². The molecule has 1 saturated carbocycles. The number of rotatable bonds is 13. The maximum Gasteiger partial charge on any atom is 0.243 e. The molecule has 4 heterocycles. The number of thiophene rings is 2. The summed E-state index contributed by atoms with van der Waals surface area (Å²) in [6.45, 7) is 0.529. The van der Waals surface area contributed by atoms with Gasteiger partial charge in [-0.25, -0.2) is 0 Å². The maximum atomic E-state index is 14.7. The number of anilines is 2. The third-order valence-corrected chi connectivity index (χ3v) is 13.7. The summed E-state index contributed by atoms with van der Waals surface area (Å²) in [6.07, 6.45) is 2.20. The molecule has 8 rings (SSSR count). The van der Waals surface area contributed by atoms with E-state index in [1.165, 1.54) is 29.1 Å². The minimum Gasteiger partial charge on any atom is -0.325 e. The van der Waals surface area contributed by atoms with Crippen LogP contribution in [0.25, 0.3) is 22.8 Å². The number of hydrogen-bond acceptors (Lipinski definition) is 10. The van der Waals surface area contributed by atoms with E-state index in [1.54, 1.807) is 27.6 Å². The van der Waals surface area contributed by atoms with Crippen LogP contribution >= 0.6 is 46.2 Å². The van der Waals surface area contributed by atoms with Gasteiger partial charge in [-0.15, -0.1) is 20.4 Å². The summed E-state index contributed by atoms with van der Waals surface area (Å²) >= 11 is 6.14. The Kier molecular flexibility index (Phi) is 11.0. The van der Waals surface area contributed by atoms with Crippen molar-refractivity contribution in [3.63, 3.8) is 0 Å². The van der Waals surface area contributed by atoms with Crippen LogP contribution in [0.2, 0.25) is 0 Å². The molecular weight excluding hydrogens is 765 g/mol. The van der Waals surface area contributed by atoms with Gasteiger partial charge in [0.2, 0.25) is 11.8 Å². The van der Waals surface area contributed by atoms with Gasteiger partial charge in [0.1, 0.15) is 4.75 Å². The quantitative estimate of drug-likeness (QED) is 0.115. The summed E-state index contributed by atoms with van der Waals surface area (Å²) in [5.74, 6) is 1.85. The van der Waals surface area contributed by atoms with E-state index in [9.17, 15) is 9.59 Å². The smallest absolute Gasteiger partial charge is 0.243 e. The number of carbonyl (C=O) groups excluding carboxylic acids is 2. The van der Waals surface area contributed by atoms with Gasteiger partial charge in [0.15, 0.2) is 22.0 Å². The van der Waals surface area contributed by atoms with Crippen LogP contribution in [0.1, 0.15) is 36.3 Å². The summed E-state index contributed by atoms with van der Waals surface area (Å²) < 4.78 is 3.35. The molecule has 14 heteroatoms. The van der Waals surface area contributed by atoms with Gasteiger partial charge in [0, 0.05) is 47.4 Å². The van der Waals surface area contributed by atoms with Gasteiger partial charge in [-0.05, 0) is 83.5 Å². The van der Waals surface area contributed by atoms with Gasteiger partial charge in [0.05, 0.1) is 12.3 Å². The molecule has 0 aliphatic heterocycles. The Labute approximate surface area is 336 Å². The lowest BCUT2D eigenvalue weighted by molar-refractivity contribution is -0.120. The van der Waals surface area contributed by atoms with E-state index in [0.717, 1.165) is 51.3 Å². The molecule has 0 saturated heterocycles. The highest BCUT2D eigenvalue weighted by Gasteiger charge is 2.49. The highest BCUT2D eigenvalue weighted by molar-refractivity contribution is 8.01. The Bertz CT molecular complexity index is 2380. The van der Waals surface area contributed by atoms with Crippen molar-refractivity contribution in [2.45, 2.75) is 46.8 Å². The molecule has 1 N–H and O–H groups in total. The molecule has 2 amide bonds. The number of carbonyl (C=O) groups is 2. The predicted molar refractivity (Wildman–Crippen MR) is 224 cm³/mol. The first-order valence-corrected chi connectivity index (χ1v) is 21.5. The zero-order valence-corrected chi connectivity index (χ0v) is 33.5. The van der Waals surface area contributed by atoms with Gasteiger partial charge < -0.3 is 14.8 Å². The van der Waals surface area contributed by atoms with Crippen LogP contribution in [-0.2, 0) is 23.2 Å². The van der Waals surface area contributed by atoms with Crippen molar-refractivity contribution in [2.24, 2.45) is 7.05 Å².